The molecule has 0 atom stereocenters. The zero-order valence-electron chi connectivity index (χ0n) is 16.1. The lowest BCUT2D eigenvalue weighted by atomic mass is 9.98. The number of carbonyl (C=O) groups excluding carboxylic acids is 1. The maximum atomic E-state index is 13.1. The number of likely N-dealkylation sites (tertiary alicyclic amines) is 1. The lowest BCUT2D eigenvalue weighted by Crippen LogP contribution is -2.37. The van der Waals surface area contributed by atoms with E-state index < -0.39 is 10.0 Å². The summed E-state index contributed by atoms with van der Waals surface area (Å²) in [5, 5.41) is 0. The number of anilines is 1. The molecule has 3 rings (SSSR count). The second kappa shape index (κ2) is 8.31. The van der Waals surface area contributed by atoms with Crippen molar-refractivity contribution >= 4 is 21.6 Å². The second-order valence-electron chi connectivity index (χ2n) is 7.42. The Morgan fingerprint density at radius 2 is 1.64 bits per heavy atom. The third-order valence-electron chi connectivity index (χ3n) is 5.11. The third-order valence-corrected chi connectivity index (χ3v) is 6.25. The molecular weight excluding hydrogens is 379 g/mol. The average Bonchev–Trinajstić information content (AvgIpc) is 2.67. The van der Waals surface area contributed by atoms with Crippen LogP contribution in [-0.2, 0) is 16.6 Å². The Bertz CT molecular complexity index is 919. The Kier molecular flexibility index (Phi) is 6.03. The third kappa shape index (κ3) is 4.90. The van der Waals surface area contributed by atoms with Crippen LogP contribution < -0.4 is 4.31 Å². The molecule has 150 valence electrons. The first-order chi connectivity index (χ1) is 13.2. The van der Waals surface area contributed by atoms with Crippen molar-refractivity contribution < 1.29 is 17.6 Å². The first-order valence-electron chi connectivity index (χ1n) is 9.35. The van der Waals surface area contributed by atoms with Gasteiger partial charge in [0.2, 0.25) is 10.0 Å². The summed E-state index contributed by atoms with van der Waals surface area (Å²) in [6.45, 7) is 3.79. The van der Waals surface area contributed by atoms with Crippen LogP contribution in [0.5, 0.6) is 0 Å². The molecule has 1 amide bonds. The van der Waals surface area contributed by atoms with Gasteiger partial charge in [0.05, 0.1) is 18.5 Å². The maximum Gasteiger partial charge on any atom is 0.253 e. The predicted octanol–water partition coefficient (Wildman–Crippen LogP) is 3.66. The van der Waals surface area contributed by atoms with E-state index in [4.69, 9.17) is 0 Å². The van der Waals surface area contributed by atoms with Crippen LogP contribution in [-0.4, -0.2) is 38.6 Å². The van der Waals surface area contributed by atoms with E-state index in [0.717, 1.165) is 32.2 Å². The molecule has 0 radical (unpaired) electrons. The molecule has 2 aromatic carbocycles. The minimum absolute atomic E-state index is 0.0251. The topological polar surface area (TPSA) is 57.7 Å². The van der Waals surface area contributed by atoms with Crippen molar-refractivity contribution in [3.63, 3.8) is 0 Å². The molecule has 1 fully saturated rings. The lowest BCUT2D eigenvalue weighted by Gasteiger charge is -2.30. The Balaban J connectivity index is 1.78. The fourth-order valence-corrected chi connectivity index (χ4v) is 4.21. The standard InChI is InChI=1S/C21H25FN2O3S/c1-16-11-13-23(14-12-16)21(25)18-5-9-20(10-6-18)24(28(2,26)27)15-17-3-7-19(22)8-4-17/h3-10,16H,11-15H2,1-2H3. The van der Waals surface area contributed by atoms with Gasteiger partial charge in [-0.2, -0.15) is 0 Å². The highest BCUT2D eigenvalue weighted by Gasteiger charge is 2.22. The largest absolute Gasteiger partial charge is 0.339 e. The van der Waals surface area contributed by atoms with Crippen LogP contribution >= 0.6 is 0 Å². The van der Waals surface area contributed by atoms with Gasteiger partial charge in [-0.1, -0.05) is 19.1 Å². The van der Waals surface area contributed by atoms with Gasteiger partial charge < -0.3 is 4.90 Å². The highest BCUT2D eigenvalue weighted by atomic mass is 32.2. The molecule has 0 unspecified atom stereocenters. The summed E-state index contributed by atoms with van der Waals surface area (Å²) in [6.07, 6.45) is 3.14. The summed E-state index contributed by atoms with van der Waals surface area (Å²) in [7, 11) is -3.54. The van der Waals surface area contributed by atoms with Crippen LogP contribution in [0.25, 0.3) is 0 Å². The van der Waals surface area contributed by atoms with Gasteiger partial charge in [-0.25, -0.2) is 12.8 Å². The van der Waals surface area contributed by atoms with Gasteiger partial charge in [0.1, 0.15) is 5.82 Å². The maximum absolute atomic E-state index is 13.1. The Morgan fingerprint density at radius 3 is 2.18 bits per heavy atom. The fourth-order valence-electron chi connectivity index (χ4n) is 3.32. The molecule has 0 aliphatic carbocycles. The number of nitrogens with zero attached hydrogens (tertiary/aromatic N) is 2. The molecular formula is C21H25FN2O3S. The Morgan fingerprint density at radius 1 is 1.07 bits per heavy atom. The normalized spacial score (nSPS) is 15.5. The summed E-state index contributed by atoms with van der Waals surface area (Å²) in [6, 6.07) is 12.3. The predicted molar refractivity (Wildman–Crippen MR) is 108 cm³/mol. The van der Waals surface area contributed by atoms with Crippen LogP contribution in [0.2, 0.25) is 0 Å². The molecule has 0 saturated carbocycles. The number of sulfonamides is 1. The number of hydrogen-bond donors (Lipinski definition) is 0. The zero-order chi connectivity index (χ0) is 20.3. The SMILES string of the molecule is CC1CCN(C(=O)c2ccc(N(Cc3ccc(F)cc3)S(C)(=O)=O)cc2)CC1. The molecule has 1 aliphatic heterocycles. The number of rotatable bonds is 5. The van der Waals surface area contributed by atoms with Gasteiger partial charge in [-0.05, 0) is 60.7 Å². The molecule has 1 saturated heterocycles. The van der Waals surface area contributed by atoms with E-state index in [1.54, 1.807) is 36.4 Å². The summed E-state index contributed by atoms with van der Waals surface area (Å²) in [5.41, 5.74) is 1.69. The quantitative estimate of drug-likeness (QED) is 0.764. The van der Waals surface area contributed by atoms with Crippen molar-refractivity contribution in [1.82, 2.24) is 4.90 Å². The molecule has 2 aromatic rings. The summed E-state index contributed by atoms with van der Waals surface area (Å²) in [4.78, 5) is 14.5. The van der Waals surface area contributed by atoms with Gasteiger partial charge in [0.25, 0.3) is 5.91 Å². The number of carbonyl (C=O) groups is 1. The summed E-state index contributed by atoms with van der Waals surface area (Å²) < 4.78 is 38.9. The Hall–Kier alpha value is -2.41. The molecule has 1 heterocycles. The van der Waals surface area contributed by atoms with E-state index in [1.807, 2.05) is 4.90 Å². The van der Waals surface area contributed by atoms with Crippen molar-refractivity contribution in [1.29, 1.82) is 0 Å². The highest BCUT2D eigenvalue weighted by Crippen LogP contribution is 2.23. The average molecular weight is 405 g/mol. The lowest BCUT2D eigenvalue weighted by molar-refractivity contribution is 0.0697. The fraction of sp³-hybridized carbons (Fsp3) is 0.381. The number of piperidine rings is 1. The van der Waals surface area contributed by atoms with Crippen molar-refractivity contribution in [3.05, 3.63) is 65.5 Å². The molecule has 0 spiro atoms. The minimum atomic E-state index is -3.54. The van der Waals surface area contributed by atoms with E-state index in [2.05, 4.69) is 6.92 Å². The summed E-state index contributed by atoms with van der Waals surface area (Å²) in [5.74, 6) is 0.244. The molecule has 0 N–H and O–H groups in total. The number of halogens is 1. The van der Waals surface area contributed by atoms with Crippen molar-refractivity contribution in [2.24, 2.45) is 5.92 Å². The van der Waals surface area contributed by atoms with Gasteiger partial charge in [-0.3, -0.25) is 9.10 Å². The van der Waals surface area contributed by atoms with Crippen molar-refractivity contribution in [2.45, 2.75) is 26.3 Å². The van der Waals surface area contributed by atoms with Gasteiger partial charge in [0.15, 0.2) is 0 Å². The van der Waals surface area contributed by atoms with Gasteiger partial charge in [-0.15, -0.1) is 0 Å². The van der Waals surface area contributed by atoms with Gasteiger partial charge in [0, 0.05) is 18.7 Å². The first-order valence-corrected chi connectivity index (χ1v) is 11.2. The van der Waals surface area contributed by atoms with Crippen LogP contribution in [0, 0.1) is 11.7 Å². The first kappa shape index (κ1) is 20.3. The molecule has 0 bridgehead atoms. The number of benzene rings is 2. The molecule has 5 nitrogen and oxygen atoms in total. The van der Waals surface area contributed by atoms with E-state index in [1.165, 1.54) is 16.4 Å². The zero-order valence-corrected chi connectivity index (χ0v) is 17.0. The number of hydrogen-bond acceptors (Lipinski definition) is 3. The van der Waals surface area contributed by atoms with E-state index >= 15 is 0 Å². The van der Waals surface area contributed by atoms with Crippen LogP contribution in [0.4, 0.5) is 10.1 Å². The highest BCUT2D eigenvalue weighted by molar-refractivity contribution is 7.92. The molecule has 1 aliphatic rings. The van der Waals surface area contributed by atoms with Crippen molar-refractivity contribution in [3.8, 4) is 0 Å². The van der Waals surface area contributed by atoms with Gasteiger partial charge >= 0.3 is 0 Å². The van der Waals surface area contributed by atoms with Crippen LogP contribution in [0.1, 0.15) is 35.7 Å². The number of amides is 1. The Labute approximate surface area is 165 Å². The monoisotopic (exact) mass is 404 g/mol. The van der Waals surface area contributed by atoms with E-state index in [-0.39, 0.29) is 18.3 Å². The van der Waals surface area contributed by atoms with E-state index in [0.29, 0.717) is 22.7 Å². The summed E-state index contributed by atoms with van der Waals surface area (Å²) >= 11 is 0. The van der Waals surface area contributed by atoms with Crippen LogP contribution in [0.15, 0.2) is 48.5 Å². The molecule has 28 heavy (non-hydrogen) atoms. The van der Waals surface area contributed by atoms with Crippen LogP contribution in [0.3, 0.4) is 0 Å². The smallest absolute Gasteiger partial charge is 0.253 e. The van der Waals surface area contributed by atoms with Crippen molar-refractivity contribution in [2.75, 3.05) is 23.7 Å². The van der Waals surface area contributed by atoms with E-state index in [9.17, 15) is 17.6 Å². The molecule has 7 heteroatoms. The second-order valence-corrected chi connectivity index (χ2v) is 9.32. The minimum Gasteiger partial charge on any atom is -0.339 e. The molecule has 0 aromatic heterocycles.